The van der Waals surface area contributed by atoms with Crippen LogP contribution in [0.25, 0.3) is 0 Å². The molecular weight excluding hydrogens is 383 g/mol. The summed E-state index contributed by atoms with van der Waals surface area (Å²) in [5.74, 6) is -0.523. The fraction of sp³-hybridized carbons (Fsp3) is 0.478. The third-order valence-electron chi connectivity index (χ3n) is 5.73. The van der Waals surface area contributed by atoms with Crippen LogP contribution in [0.1, 0.15) is 44.0 Å². The Kier molecular flexibility index (Phi) is 7.63. The first-order valence-corrected chi connectivity index (χ1v) is 10.7. The number of nitrogens with zero attached hydrogens (tertiary/aromatic N) is 3. The van der Waals surface area contributed by atoms with Crippen molar-refractivity contribution in [3.63, 3.8) is 0 Å². The first-order valence-electron chi connectivity index (χ1n) is 10.7. The molecule has 3 rings (SSSR count). The Balaban J connectivity index is 1.62. The monoisotopic (exact) mass is 414 g/mol. The van der Waals surface area contributed by atoms with Gasteiger partial charge in [-0.05, 0) is 42.9 Å². The van der Waals surface area contributed by atoms with Crippen molar-refractivity contribution in [2.75, 3.05) is 32.7 Å². The molecule has 6 nitrogen and oxygen atoms in total. The Morgan fingerprint density at radius 2 is 1.93 bits per heavy atom. The highest BCUT2D eigenvalue weighted by Crippen LogP contribution is 2.33. The van der Waals surface area contributed by atoms with Crippen LogP contribution in [0.15, 0.2) is 42.6 Å². The second-order valence-electron chi connectivity index (χ2n) is 7.55. The lowest BCUT2D eigenvalue weighted by atomic mass is 9.99. The van der Waals surface area contributed by atoms with E-state index in [1.54, 1.807) is 11.0 Å². The second-order valence-corrected chi connectivity index (χ2v) is 7.55. The van der Waals surface area contributed by atoms with E-state index >= 15 is 0 Å². The predicted molar refractivity (Wildman–Crippen MR) is 114 cm³/mol. The van der Waals surface area contributed by atoms with Gasteiger partial charge >= 0.3 is 0 Å². The molecule has 0 aliphatic carbocycles. The first-order chi connectivity index (χ1) is 14.5. The Morgan fingerprint density at radius 1 is 1.13 bits per heavy atom. The van der Waals surface area contributed by atoms with E-state index < -0.39 is 0 Å². The number of likely N-dealkylation sites (N-methyl/N-ethyl adjacent to an activating group) is 1. The molecule has 30 heavy (non-hydrogen) atoms. The second kappa shape index (κ2) is 10.4. The molecule has 1 aromatic carbocycles. The maximum atomic E-state index is 13.9. The van der Waals surface area contributed by atoms with Gasteiger partial charge in [0, 0.05) is 50.9 Å². The quantitative estimate of drug-likeness (QED) is 0.687. The number of hydrogen-bond acceptors (Lipinski definition) is 3. The van der Waals surface area contributed by atoms with Crippen molar-refractivity contribution >= 4 is 11.8 Å². The lowest BCUT2D eigenvalue weighted by Crippen LogP contribution is -2.43. The first kappa shape index (κ1) is 22.0. The van der Waals surface area contributed by atoms with Gasteiger partial charge in [-0.15, -0.1) is 0 Å². The van der Waals surface area contributed by atoms with Gasteiger partial charge in [0.2, 0.25) is 11.8 Å². The van der Waals surface area contributed by atoms with Crippen LogP contribution in [-0.4, -0.2) is 58.9 Å². The number of amides is 2. The summed E-state index contributed by atoms with van der Waals surface area (Å²) in [6, 6.07) is 9.96. The van der Waals surface area contributed by atoms with Gasteiger partial charge in [0.25, 0.3) is 0 Å². The van der Waals surface area contributed by atoms with Gasteiger partial charge in [-0.3, -0.25) is 9.59 Å². The lowest BCUT2D eigenvalue weighted by Gasteiger charge is -2.37. The summed E-state index contributed by atoms with van der Waals surface area (Å²) in [6.45, 7) is 8.69. The van der Waals surface area contributed by atoms with Crippen molar-refractivity contribution in [2.45, 2.75) is 39.3 Å². The van der Waals surface area contributed by atoms with Crippen LogP contribution >= 0.6 is 0 Å². The van der Waals surface area contributed by atoms with E-state index in [1.807, 2.05) is 24.4 Å². The highest BCUT2D eigenvalue weighted by atomic mass is 19.1. The van der Waals surface area contributed by atoms with Gasteiger partial charge in [-0.2, -0.15) is 0 Å². The summed E-state index contributed by atoms with van der Waals surface area (Å²) in [5, 5.41) is 2.90. The number of carbonyl (C=O) groups excluding carboxylic acids is 2. The standard InChI is InChI=1S/C23H31FN4O2/c1-3-26(4-2)14-12-25-21(29)10-11-22(30)28-16-15-27-13-6-9-20(27)23(28)18-7-5-8-19(24)17-18/h5-9,13,17,23H,3-4,10-12,14-16H2,1-2H3,(H,25,29). The smallest absolute Gasteiger partial charge is 0.223 e. The Bertz CT molecular complexity index is 862. The largest absolute Gasteiger partial charge is 0.355 e. The number of nitrogens with one attached hydrogen (secondary N) is 1. The molecule has 1 N–H and O–H groups in total. The van der Waals surface area contributed by atoms with Gasteiger partial charge < -0.3 is 19.7 Å². The minimum Gasteiger partial charge on any atom is -0.355 e. The van der Waals surface area contributed by atoms with E-state index in [0.29, 0.717) is 19.6 Å². The minimum atomic E-state index is -0.345. The summed E-state index contributed by atoms with van der Waals surface area (Å²) in [7, 11) is 0. The molecule has 2 amide bonds. The molecule has 2 heterocycles. The number of benzene rings is 1. The zero-order chi connectivity index (χ0) is 21.5. The predicted octanol–water partition coefficient (Wildman–Crippen LogP) is 2.80. The van der Waals surface area contributed by atoms with Crippen molar-refractivity contribution < 1.29 is 14.0 Å². The molecule has 162 valence electrons. The van der Waals surface area contributed by atoms with Crippen molar-refractivity contribution in [3.05, 3.63) is 59.7 Å². The summed E-state index contributed by atoms with van der Waals surface area (Å²) in [6.07, 6.45) is 2.28. The van der Waals surface area contributed by atoms with Gasteiger partial charge in [0.1, 0.15) is 5.82 Å². The maximum absolute atomic E-state index is 13.9. The van der Waals surface area contributed by atoms with Crippen LogP contribution in [-0.2, 0) is 16.1 Å². The summed E-state index contributed by atoms with van der Waals surface area (Å²) in [5.41, 5.74) is 1.70. The van der Waals surface area contributed by atoms with Crippen LogP contribution in [0.4, 0.5) is 4.39 Å². The number of aromatic nitrogens is 1. The van der Waals surface area contributed by atoms with E-state index in [4.69, 9.17) is 0 Å². The van der Waals surface area contributed by atoms with E-state index in [-0.39, 0.29) is 36.5 Å². The molecule has 0 radical (unpaired) electrons. The van der Waals surface area contributed by atoms with Crippen LogP contribution in [0, 0.1) is 5.82 Å². The van der Waals surface area contributed by atoms with Crippen molar-refractivity contribution in [1.82, 2.24) is 19.7 Å². The van der Waals surface area contributed by atoms with Gasteiger partial charge in [-0.1, -0.05) is 26.0 Å². The Hall–Kier alpha value is -2.67. The Morgan fingerprint density at radius 3 is 2.67 bits per heavy atom. The molecule has 0 saturated heterocycles. The van der Waals surface area contributed by atoms with E-state index in [2.05, 4.69) is 28.6 Å². The molecule has 0 bridgehead atoms. The summed E-state index contributed by atoms with van der Waals surface area (Å²) >= 11 is 0. The van der Waals surface area contributed by atoms with Gasteiger partial charge in [0.15, 0.2) is 0 Å². The minimum absolute atomic E-state index is 0.0874. The van der Waals surface area contributed by atoms with E-state index in [0.717, 1.165) is 30.9 Å². The molecule has 0 spiro atoms. The Labute approximate surface area is 177 Å². The van der Waals surface area contributed by atoms with Gasteiger partial charge in [-0.25, -0.2) is 4.39 Å². The molecule has 2 aromatic rings. The fourth-order valence-electron chi connectivity index (χ4n) is 4.03. The number of rotatable bonds is 9. The highest BCUT2D eigenvalue weighted by molar-refractivity contribution is 5.84. The molecular formula is C23H31FN4O2. The van der Waals surface area contributed by atoms with Crippen molar-refractivity contribution in [1.29, 1.82) is 0 Å². The number of carbonyl (C=O) groups is 2. The van der Waals surface area contributed by atoms with Crippen molar-refractivity contribution in [3.8, 4) is 0 Å². The van der Waals surface area contributed by atoms with Crippen LogP contribution in [0.5, 0.6) is 0 Å². The van der Waals surface area contributed by atoms with Crippen LogP contribution in [0.3, 0.4) is 0 Å². The highest BCUT2D eigenvalue weighted by Gasteiger charge is 2.32. The SMILES string of the molecule is CCN(CC)CCNC(=O)CCC(=O)N1CCn2cccc2C1c1cccc(F)c1. The number of halogens is 1. The van der Waals surface area contributed by atoms with E-state index in [9.17, 15) is 14.0 Å². The molecule has 0 fully saturated rings. The average Bonchev–Trinajstić information content (AvgIpc) is 3.23. The van der Waals surface area contributed by atoms with Crippen LogP contribution in [0.2, 0.25) is 0 Å². The van der Waals surface area contributed by atoms with Crippen molar-refractivity contribution in [2.24, 2.45) is 0 Å². The summed E-state index contributed by atoms with van der Waals surface area (Å²) < 4.78 is 16.0. The fourth-order valence-corrected chi connectivity index (χ4v) is 4.03. The lowest BCUT2D eigenvalue weighted by molar-refractivity contribution is -0.136. The summed E-state index contributed by atoms with van der Waals surface area (Å²) in [4.78, 5) is 29.2. The number of fused-ring (bicyclic) bond motifs is 1. The zero-order valence-corrected chi connectivity index (χ0v) is 17.8. The molecule has 1 atom stereocenters. The van der Waals surface area contributed by atoms with E-state index in [1.165, 1.54) is 12.1 Å². The topological polar surface area (TPSA) is 57.6 Å². The molecule has 1 unspecified atom stereocenters. The molecule has 1 aromatic heterocycles. The van der Waals surface area contributed by atoms with Crippen LogP contribution < -0.4 is 5.32 Å². The molecule has 1 aliphatic heterocycles. The molecule has 0 saturated carbocycles. The normalized spacial score (nSPS) is 15.9. The average molecular weight is 415 g/mol. The maximum Gasteiger partial charge on any atom is 0.223 e. The number of hydrogen-bond donors (Lipinski definition) is 1. The van der Waals surface area contributed by atoms with Gasteiger partial charge in [0.05, 0.1) is 6.04 Å². The third-order valence-corrected chi connectivity index (χ3v) is 5.73. The molecule has 1 aliphatic rings. The zero-order valence-electron chi connectivity index (χ0n) is 17.8. The molecule has 7 heteroatoms. The third kappa shape index (κ3) is 5.27.